The van der Waals surface area contributed by atoms with Crippen LogP contribution in [0.1, 0.15) is 26.3 Å². The molecule has 0 spiro atoms. The Kier molecular flexibility index (Phi) is 9.91. The van der Waals surface area contributed by atoms with Crippen molar-refractivity contribution in [2.75, 3.05) is 24.9 Å². The van der Waals surface area contributed by atoms with Crippen molar-refractivity contribution in [3.63, 3.8) is 0 Å². The number of halogens is 3. The van der Waals surface area contributed by atoms with Crippen LogP contribution < -0.4 is 9.62 Å². The van der Waals surface area contributed by atoms with Gasteiger partial charge in [-0.05, 0) is 62.7 Å². The van der Waals surface area contributed by atoms with E-state index in [0.29, 0.717) is 15.6 Å². The third-order valence-corrected chi connectivity index (χ3v) is 7.49. The zero-order valence-electron chi connectivity index (χ0n) is 20.1. The number of carbonyl (C=O) groups excluding carboxylic acids is 2. The fraction of sp³-hybridized carbons (Fsp3) is 0.391. The van der Waals surface area contributed by atoms with E-state index < -0.39 is 40.4 Å². The summed E-state index contributed by atoms with van der Waals surface area (Å²) in [5.74, 6) is -1.63. The van der Waals surface area contributed by atoms with Gasteiger partial charge in [0.1, 0.15) is 18.4 Å². The molecule has 0 heterocycles. The van der Waals surface area contributed by atoms with Crippen LogP contribution in [-0.2, 0) is 26.3 Å². The fourth-order valence-electron chi connectivity index (χ4n) is 3.15. The Balaban J connectivity index is 2.48. The molecule has 0 aliphatic carbocycles. The SMILES string of the molecule is CC(C)NC(=O)[C@H](C)N(Cc1ccc(Cl)cc1Cl)C(=O)CN(c1ccc(F)cc1)S(=O)(=O)N(C)C. The molecule has 35 heavy (non-hydrogen) atoms. The van der Waals surface area contributed by atoms with E-state index in [0.717, 1.165) is 20.7 Å². The molecular formula is C23H29Cl2FN4O4S. The van der Waals surface area contributed by atoms with Gasteiger partial charge in [0.25, 0.3) is 0 Å². The van der Waals surface area contributed by atoms with E-state index in [9.17, 15) is 22.4 Å². The third kappa shape index (κ3) is 7.54. The van der Waals surface area contributed by atoms with Gasteiger partial charge < -0.3 is 10.2 Å². The van der Waals surface area contributed by atoms with Crippen LogP contribution in [0.5, 0.6) is 0 Å². The van der Waals surface area contributed by atoms with Crippen LogP contribution in [0.25, 0.3) is 0 Å². The first kappa shape index (κ1) is 28.8. The third-order valence-electron chi connectivity index (χ3n) is 5.09. The summed E-state index contributed by atoms with van der Waals surface area (Å²) >= 11 is 12.3. The number of benzene rings is 2. The largest absolute Gasteiger partial charge is 0.352 e. The van der Waals surface area contributed by atoms with E-state index in [1.54, 1.807) is 32.9 Å². The van der Waals surface area contributed by atoms with E-state index in [4.69, 9.17) is 23.2 Å². The van der Waals surface area contributed by atoms with Gasteiger partial charge in [0.05, 0.1) is 5.69 Å². The van der Waals surface area contributed by atoms with E-state index in [1.807, 2.05) is 0 Å². The minimum atomic E-state index is -4.13. The maximum Gasteiger partial charge on any atom is 0.304 e. The Labute approximate surface area is 215 Å². The molecule has 0 aliphatic rings. The second kappa shape index (κ2) is 12.0. The van der Waals surface area contributed by atoms with Gasteiger partial charge in [-0.2, -0.15) is 12.7 Å². The number of nitrogens with zero attached hydrogens (tertiary/aromatic N) is 3. The van der Waals surface area contributed by atoms with Crippen molar-refractivity contribution in [1.29, 1.82) is 0 Å². The summed E-state index contributed by atoms with van der Waals surface area (Å²) in [4.78, 5) is 27.6. The number of carbonyl (C=O) groups is 2. The summed E-state index contributed by atoms with van der Waals surface area (Å²) < 4.78 is 41.4. The van der Waals surface area contributed by atoms with Crippen LogP contribution in [-0.4, -0.2) is 62.2 Å². The minimum absolute atomic E-state index is 0.0687. The molecule has 0 fully saturated rings. The number of rotatable bonds is 10. The van der Waals surface area contributed by atoms with E-state index >= 15 is 0 Å². The maximum atomic E-state index is 13.6. The average Bonchev–Trinajstić information content (AvgIpc) is 2.76. The molecule has 2 amide bonds. The summed E-state index contributed by atoms with van der Waals surface area (Å²) in [6.07, 6.45) is 0. The Hall–Kier alpha value is -2.40. The topological polar surface area (TPSA) is 90.0 Å². The van der Waals surface area contributed by atoms with Gasteiger partial charge in [0.2, 0.25) is 11.8 Å². The number of anilines is 1. The summed E-state index contributed by atoms with van der Waals surface area (Å²) in [5.41, 5.74) is 0.620. The van der Waals surface area contributed by atoms with Gasteiger partial charge >= 0.3 is 10.2 Å². The standard InChI is InChI=1S/C23H29Cl2FN4O4S/c1-15(2)27-23(32)16(3)29(13-17-6-7-18(24)12-21(17)25)22(31)14-30(35(33,34)28(4)5)20-10-8-19(26)9-11-20/h6-12,15-16H,13-14H2,1-5H3,(H,27,32)/t16-/m0/s1. The van der Waals surface area contributed by atoms with Gasteiger partial charge in [-0.3, -0.25) is 9.59 Å². The van der Waals surface area contributed by atoms with Crippen LogP contribution in [0, 0.1) is 5.82 Å². The molecule has 0 bridgehead atoms. The van der Waals surface area contributed by atoms with Crippen molar-refractivity contribution in [2.45, 2.75) is 39.4 Å². The van der Waals surface area contributed by atoms with Crippen molar-refractivity contribution in [3.05, 3.63) is 63.9 Å². The van der Waals surface area contributed by atoms with Crippen molar-refractivity contribution < 1.29 is 22.4 Å². The van der Waals surface area contributed by atoms with Crippen LogP contribution in [0.4, 0.5) is 10.1 Å². The lowest BCUT2D eigenvalue weighted by atomic mass is 10.1. The highest BCUT2D eigenvalue weighted by molar-refractivity contribution is 7.90. The molecule has 0 unspecified atom stereocenters. The fourth-order valence-corrected chi connectivity index (χ4v) is 4.67. The van der Waals surface area contributed by atoms with Crippen molar-refractivity contribution in [3.8, 4) is 0 Å². The average molecular weight is 547 g/mol. The van der Waals surface area contributed by atoms with Crippen molar-refractivity contribution >= 4 is 50.9 Å². The Morgan fingerprint density at radius 2 is 1.63 bits per heavy atom. The molecule has 2 rings (SSSR count). The van der Waals surface area contributed by atoms with Crippen molar-refractivity contribution in [1.82, 2.24) is 14.5 Å². The summed E-state index contributed by atoms with van der Waals surface area (Å²) in [6.45, 7) is 4.42. The first-order valence-corrected chi connectivity index (χ1v) is 12.9. The summed E-state index contributed by atoms with van der Waals surface area (Å²) in [5, 5.41) is 3.46. The van der Waals surface area contributed by atoms with Crippen LogP contribution in [0.3, 0.4) is 0 Å². The van der Waals surface area contributed by atoms with Crippen LogP contribution in [0.15, 0.2) is 42.5 Å². The number of hydrogen-bond donors (Lipinski definition) is 1. The number of hydrogen-bond acceptors (Lipinski definition) is 4. The molecule has 1 N–H and O–H groups in total. The van der Waals surface area contributed by atoms with Gasteiger partial charge in [-0.15, -0.1) is 0 Å². The highest BCUT2D eigenvalue weighted by Crippen LogP contribution is 2.25. The van der Waals surface area contributed by atoms with Gasteiger partial charge in [-0.25, -0.2) is 8.70 Å². The quantitative estimate of drug-likeness (QED) is 0.492. The molecule has 0 saturated carbocycles. The molecule has 192 valence electrons. The Morgan fingerprint density at radius 3 is 2.14 bits per heavy atom. The predicted molar refractivity (Wildman–Crippen MR) is 136 cm³/mol. The molecule has 2 aromatic rings. The van der Waals surface area contributed by atoms with Gasteiger partial charge in [0.15, 0.2) is 0 Å². The molecular weight excluding hydrogens is 518 g/mol. The zero-order chi connectivity index (χ0) is 26.5. The molecule has 0 saturated heterocycles. The lowest BCUT2D eigenvalue weighted by molar-refractivity contribution is -0.139. The normalized spacial score (nSPS) is 12.5. The Morgan fingerprint density at radius 1 is 1.03 bits per heavy atom. The van der Waals surface area contributed by atoms with Gasteiger partial charge in [0, 0.05) is 36.7 Å². The number of amides is 2. The van der Waals surface area contributed by atoms with Gasteiger partial charge in [-0.1, -0.05) is 29.3 Å². The highest BCUT2D eigenvalue weighted by atomic mass is 35.5. The van der Waals surface area contributed by atoms with E-state index in [1.165, 1.54) is 37.2 Å². The number of nitrogens with one attached hydrogen (secondary N) is 1. The zero-order valence-corrected chi connectivity index (χ0v) is 22.5. The predicted octanol–water partition coefficient (Wildman–Crippen LogP) is 3.69. The molecule has 0 aromatic heterocycles. The molecule has 0 radical (unpaired) electrons. The lowest BCUT2D eigenvalue weighted by Crippen LogP contribution is -2.53. The maximum absolute atomic E-state index is 13.6. The smallest absolute Gasteiger partial charge is 0.304 e. The summed E-state index contributed by atoms with van der Waals surface area (Å²) in [7, 11) is -1.49. The first-order chi connectivity index (χ1) is 16.2. The minimum Gasteiger partial charge on any atom is -0.352 e. The second-order valence-corrected chi connectivity index (χ2v) is 11.3. The summed E-state index contributed by atoms with van der Waals surface area (Å²) in [6, 6.07) is 8.35. The Bertz CT molecular complexity index is 1160. The molecule has 0 aliphatic heterocycles. The molecule has 12 heteroatoms. The monoisotopic (exact) mass is 546 g/mol. The van der Waals surface area contributed by atoms with E-state index in [-0.39, 0.29) is 18.3 Å². The van der Waals surface area contributed by atoms with Crippen molar-refractivity contribution in [2.24, 2.45) is 0 Å². The molecule has 2 aromatic carbocycles. The van der Waals surface area contributed by atoms with E-state index in [2.05, 4.69) is 5.32 Å². The van der Waals surface area contributed by atoms with Crippen LogP contribution in [0.2, 0.25) is 10.0 Å². The first-order valence-electron chi connectivity index (χ1n) is 10.7. The molecule has 8 nitrogen and oxygen atoms in total. The highest BCUT2D eigenvalue weighted by Gasteiger charge is 2.33. The lowest BCUT2D eigenvalue weighted by Gasteiger charge is -2.33. The van der Waals surface area contributed by atoms with Crippen LogP contribution >= 0.6 is 23.2 Å². The molecule has 1 atom stereocenters. The second-order valence-electron chi connectivity index (χ2n) is 8.37.